The maximum Gasteiger partial charge on any atom is 0.128 e. The van der Waals surface area contributed by atoms with E-state index in [0.29, 0.717) is 16.7 Å². The largest absolute Gasteiger partial charge is 0.398 e. The predicted octanol–water partition coefficient (Wildman–Crippen LogP) is 6.16. The number of allylic oxidation sites excluding steroid dienone is 2. The number of nitrogens with one attached hydrogen (secondary N) is 1. The van der Waals surface area contributed by atoms with Crippen LogP contribution >= 0.6 is 0 Å². The van der Waals surface area contributed by atoms with E-state index in [1.165, 1.54) is 48.8 Å². The first-order valence-electron chi connectivity index (χ1n) is 8.85. The van der Waals surface area contributed by atoms with Gasteiger partial charge in [-0.15, -0.1) is 12.8 Å². The smallest absolute Gasteiger partial charge is 0.128 e. The third-order valence-electron chi connectivity index (χ3n) is 4.19. The summed E-state index contributed by atoms with van der Waals surface area (Å²) < 4.78 is 26.3. The van der Waals surface area contributed by atoms with E-state index < -0.39 is 5.82 Å². The molecule has 0 saturated heterocycles. The van der Waals surface area contributed by atoms with E-state index in [1.807, 2.05) is 0 Å². The zero-order valence-electron chi connectivity index (χ0n) is 16.3. The van der Waals surface area contributed by atoms with Gasteiger partial charge in [-0.2, -0.15) is 0 Å². The summed E-state index contributed by atoms with van der Waals surface area (Å²) >= 11 is 0. The Kier molecular flexibility index (Phi) is 8.84. The Balaban J connectivity index is 0.000000411. The lowest BCUT2D eigenvalue weighted by Gasteiger charge is -2.06. The molecular formula is C24H26F2N2. The summed E-state index contributed by atoms with van der Waals surface area (Å²) in [5, 5.41) is 7.96. The van der Waals surface area contributed by atoms with Crippen molar-refractivity contribution < 1.29 is 8.78 Å². The van der Waals surface area contributed by atoms with Crippen molar-refractivity contribution in [2.24, 2.45) is 5.92 Å². The van der Waals surface area contributed by atoms with Crippen molar-refractivity contribution in [1.29, 1.82) is 5.41 Å². The van der Waals surface area contributed by atoms with Gasteiger partial charge in [0.05, 0.1) is 5.71 Å². The van der Waals surface area contributed by atoms with E-state index >= 15 is 0 Å². The van der Waals surface area contributed by atoms with Crippen LogP contribution in [0.3, 0.4) is 0 Å². The molecule has 0 atom stereocenters. The molecule has 0 aromatic heterocycles. The molecule has 1 saturated carbocycles. The monoisotopic (exact) mass is 380 g/mol. The Morgan fingerprint density at radius 1 is 1.21 bits per heavy atom. The van der Waals surface area contributed by atoms with E-state index in [2.05, 4.69) is 26.3 Å². The second-order valence-electron chi connectivity index (χ2n) is 6.61. The van der Waals surface area contributed by atoms with E-state index in [4.69, 9.17) is 11.1 Å². The third kappa shape index (κ3) is 7.20. The topological polar surface area (TPSA) is 49.9 Å². The van der Waals surface area contributed by atoms with Gasteiger partial charge < -0.3 is 11.1 Å². The number of hydrogen-bond donors (Lipinski definition) is 2. The van der Waals surface area contributed by atoms with Gasteiger partial charge >= 0.3 is 0 Å². The van der Waals surface area contributed by atoms with Gasteiger partial charge in [-0.3, -0.25) is 0 Å². The van der Waals surface area contributed by atoms with Crippen LogP contribution in [-0.2, 0) is 0 Å². The average Bonchev–Trinajstić information content (AvgIpc) is 3.50. The SMILES string of the molecule is C#C.C=C(C)C1CC1.Cc1cc(C(=N)/C=C/c2cccc(F)c2)c(N)cc1F. The van der Waals surface area contributed by atoms with Gasteiger partial charge in [-0.05, 0) is 74.1 Å². The molecule has 28 heavy (non-hydrogen) atoms. The lowest BCUT2D eigenvalue weighted by Crippen LogP contribution is -2.03. The fourth-order valence-electron chi connectivity index (χ4n) is 2.39. The molecule has 1 fully saturated rings. The molecule has 0 amide bonds. The van der Waals surface area contributed by atoms with Crippen LogP contribution in [0.1, 0.15) is 36.5 Å². The maximum absolute atomic E-state index is 13.3. The standard InChI is InChI=1S/C16H14F2N2.C6H10.C2H2/c1-10-7-13(16(20)9-14(10)18)15(19)6-5-11-3-2-4-12(17)8-11;1-5(2)6-3-4-6;1-2/h2-9,19H,20H2,1H3;6H,1,3-4H2,2H3;1-2H/b6-5+,19-15?;;. The van der Waals surface area contributed by atoms with Crippen molar-refractivity contribution in [2.45, 2.75) is 26.7 Å². The molecule has 4 heteroatoms. The first-order chi connectivity index (χ1) is 13.3. The van der Waals surface area contributed by atoms with Crippen molar-refractivity contribution in [3.8, 4) is 12.8 Å². The number of nitrogen functional groups attached to an aromatic ring is 1. The van der Waals surface area contributed by atoms with Crippen LogP contribution in [0.4, 0.5) is 14.5 Å². The summed E-state index contributed by atoms with van der Waals surface area (Å²) in [6, 6.07) is 8.77. The molecule has 2 aromatic carbocycles. The number of aryl methyl sites for hydroxylation is 1. The molecule has 2 nitrogen and oxygen atoms in total. The van der Waals surface area contributed by atoms with Gasteiger partial charge in [0, 0.05) is 11.3 Å². The number of anilines is 1. The summed E-state index contributed by atoms with van der Waals surface area (Å²) in [4.78, 5) is 0. The molecule has 0 radical (unpaired) electrons. The van der Waals surface area contributed by atoms with Gasteiger partial charge in [0.1, 0.15) is 11.6 Å². The van der Waals surface area contributed by atoms with Crippen LogP contribution in [0.15, 0.2) is 54.6 Å². The molecule has 3 N–H and O–H groups in total. The third-order valence-corrected chi connectivity index (χ3v) is 4.19. The summed E-state index contributed by atoms with van der Waals surface area (Å²) in [5.74, 6) is 0.175. The minimum atomic E-state index is -0.395. The number of hydrogen-bond acceptors (Lipinski definition) is 2. The van der Waals surface area contributed by atoms with E-state index in [0.717, 1.165) is 5.92 Å². The van der Waals surface area contributed by atoms with Crippen LogP contribution in [0.2, 0.25) is 0 Å². The van der Waals surface area contributed by atoms with Crippen LogP contribution in [0, 0.1) is 42.7 Å². The molecule has 0 unspecified atom stereocenters. The molecule has 1 aliphatic carbocycles. The van der Waals surface area contributed by atoms with Crippen molar-refractivity contribution in [1.82, 2.24) is 0 Å². The zero-order valence-corrected chi connectivity index (χ0v) is 16.3. The average molecular weight is 380 g/mol. The highest BCUT2D eigenvalue weighted by molar-refractivity contribution is 6.11. The van der Waals surface area contributed by atoms with Gasteiger partial charge in [-0.1, -0.05) is 30.4 Å². The number of rotatable bonds is 4. The van der Waals surface area contributed by atoms with Gasteiger partial charge in [0.2, 0.25) is 0 Å². The number of nitrogens with two attached hydrogens (primary N) is 1. The van der Waals surface area contributed by atoms with Gasteiger partial charge in [-0.25, -0.2) is 8.78 Å². The summed E-state index contributed by atoms with van der Waals surface area (Å²) in [6.07, 6.45) is 13.9. The molecule has 0 aliphatic heterocycles. The summed E-state index contributed by atoms with van der Waals surface area (Å²) in [5.41, 5.74) is 8.97. The van der Waals surface area contributed by atoms with Gasteiger partial charge in [0.15, 0.2) is 0 Å². The highest BCUT2D eigenvalue weighted by atomic mass is 19.1. The number of terminal acetylenes is 1. The molecule has 146 valence electrons. The molecule has 0 spiro atoms. The van der Waals surface area contributed by atoms with Crippen molar-refractivity contribution in [3.63, 3.8) is 0 Å². The number of benzene rings is 2. The molecule has 0 heterocycles. The van der Waals surface area contributed by atoms with Crippen molar-refractivity contribution >= 4 is 17.5 Å². The van der Waals surface area contributed by atoms with Crippen molar-refractivity contribution in [2.75, 3.05) is 5.73 Å². The highest BCUT2D eigenvalue weighted by Gasteiger charge is 2.20. The minimum absolute atomic E-state index is 0.148. The lowest BCUT2D eigenvalue weighted by molar-refractivity contribution is 0.619. The zero-order chi connectivity index (χ0) is 21.3. The van der Waals surface area contributed by atoms with E-state index in [-0.39, 0.29) is 17.2 Å². The predicted molar refractivity (Wildman–Crippen MR) is 115 cm³/mol. The fourth-order valence-corrected chi connectivity index (χ4v) is 2.39. The van der Waals surface area contributed by atoms with E-state index in [1.54, 1.807) is 25.1 Å². The van der Waals surface area contributed by atoms with Crippen LogP contribution in [-0.4, -0.2) is 5.71 Å². The second kappa shape index (κ2) is 10.8. The molecule has 0 bridgehead atoms. The minimum Gasteiger partial charge on any atom is -0.398 e. The quantitative estimate of drug-likeness (QED) is 0.284. The van der Waals surface area contributed by atoms with E-state index in [9.17, 15) is 8.78 Å². The molecule has 1 aliphatic rings. The summed E-state index contributed by atoms with van der Waals surface area (Å²) in [6.45, 7) is 7.54. The Labute approximate surface area is 166 Å². The summed E-state index contributed by atoms with van der Waals surface area (Å²) in [7, 11) is 0. The molecular weight excluding hydrogens is 354 g/mol. The Hall–Kier alpha value is -3.19. The first-order valence-corrected chi connectivity index (χ1v) is 8.85. The highest BCUT2D eigenvalue weighted by Crippen LogP contribution is 2.34. The Morgan fingerprint density at radius 3 is 2.36 bits per heavy atom. The number of halogens is 2. The Bertz CT molecular complexity index is 891. The first kappa shape index (κ1) is 22.9. The fraction of sp³-hybridized carbons (Fsp3) is 0.208. The molecule has 2 aromatic rings. The van der Waals surface area contributed by atoms with Crippen LogP contribution in [0.25, 0.3) is 6.08 Å². The Morgan fingerprint density at radius 2 is 1.86 bits per heavy atom. The van der Waals surface area contributed by atoms with Gasteiger partial charge in [0.25, 0.3) is 0 Å². The van der Waals surface area contributed by atoms with Crippen molar-refractivity contribution in [3.05, 3.63) is 83.0 Å². The second-order valence-corrected chi connectivity index (χ2v) is 6.61. The van der Waals surface area contributed by atoms with Crippen LogP contribution < -0.4 is 5.73 Å². The normalized spacial score (nSPS) is 12.4. The molecule has 3 rings (SSSR count). The van der Waals surface area contributed by atoms with Crippen LogP contribution in [0.5, 0.6) is 0 Å². The maximum atomic E-state index is 13.3. The lowest BCUT2D eigenvalue weighted by atomic mass is 10.0.